The first-order valence-corrected chi connectivity index (χ1v) is 10.6. The summed E-state index contributed by atoms with van der Waals surface area (Å²) in [4.78, 5) is 55.1. The first-order valence-electron chi connectivity index (χ1n) is 6.07. The van der Waals surface area contributed by atoms with E-state index in [1.165, 1.54) is 6.21 Å². The highest BCUT2D eigenvalue weighted by atomic mass is 31.3. The molecular weight excluding hydrogens is 407 g/mol. The lowest BCUT2D eigenvalue weighted by molar-refractivity contribution is 0.0996. The van der Waals surface area contributed by atoms with E-state index < -0.39 is 29.3 Å². The molecule has 0 fully saturated rings. The van der Waals surface area contributed by atoms with Crippen molar-refractivity contribution in [1.82, 2.24) is 0 Å². The highest BCUT2D eigenvalue weighted by Gasteiger charge is 2.52. The molecule has 3 rings (SSSR count). The second kappa shape index (κ2) is 5.89. The number of fused-ring (bicyclic) bond motifs is 3. The van der Waals surface area contributed by atoms with E-state index in [-0.39, 0.29) is 23.8 Å². The fourth-order valence-electron chi connectivity index (χ4n) is 1.92. The number of amidine groups is 2. The first-order chi connectivity index (χ1) is 11.4. The maximum absolute atomic E-state index is 12.0. The van der Waals surface area contributed by atoms with Gasteiger partial charge in [-0.1, -0.05) is 0 Å². The number of hydrogen-bond donors (Lipinski definition) is 4. The second-order valence-corrected chi connectivity index (χ2v) is 8.84. The van der Waals surface area contributed by atoms with Crippen molar-refractivity contribution >= 4 is 53.4 Å². The number of phosphoric acid groups is 3. The molecule has 2 bridgehead atoms. The van der Waals surface area contributed by atoms with Gasteiger partial charge in [0.05, 0.1) is 0 Å². The Kier molecular flexibility index (Phi) is 4.37. The molecule has 0 aromatic carbocycles. The van der Waals surface area contributed by atoms with E-state index in [2.05, 4.69) is 33.6 Å². The van der Waals surface area contributed by atoms with Gasteiger partial charge in [-0.25, -0.2) is 43.2 Å². The maximum Gasteiger partial charge on any atom is 0.490 e. The Bertz CT molecular complexity index is 916. The van der Waals surface area contributed by atoms with Crippen LogP contribution in [0.1, 0.15) is 6.42 Å². The van der Waals surface area contributed by atoms with E-state index in [9.17, 15) is 23.5 Å². The molecule has 0 saturated carbocycles. The van der Waals surface area contributed by atoms with E-state index in [4.69, 9.17) is 14.3 Å². The van der Waals surface area contributed by atoms with Crippen LogP contribution in [0, 0.1) is 0 Å². The van der Waals surface area contributed by atoms with Crippen LogP contribution in [0.4, 0.5) is 0 Å². The minimum Gasteiger partial charge on any atom is -0.302 e. The fourth-order valence-corrected chi connectivity index (χ4v) is 5.06. The molecular formula is C7H8N5O10P3. The summed E-state index contributed by atoms with van der Waals surface area (Å²) in [6.07, 6.45) is 2.46. The van der Waals surface area contributed by atoms with Gasteiger partial charge in [0.25, 0.3) is 0 Å². The Balaban J connectivity index is 1.87. The molecule has 0 aliphatic carbocycles. The molecule has 4 N–H and O–H groups in total. The highest BCUT2D eigenvalue weighted by Crippen LogP contribution is 2.67. The Morgan fingerprint density at radius 3 is 2.48 bits per heavy atom. The van der Waals surface area contributed by atoms with E-state index in [0.717, 1.165) is 6.34 Å². The quantitative estimate of drug-likeness (QED) is 0.416. The summed E-state index contributed by atoms with van der Waals surface area (Å²) < 4.78 is 46.1. The maximum atomic E-state index is 12.0. The predicted molar refractivity (Wildman–Crippen MR) is 81.6 cm³/mol. The summed E-state index contributed by atoms with van der Waals surface area (Å²) >= 11 is 0. The van der Waals surface area contributed by atoms with E-state index in [1.54, 1.807) is 0 Å². The highest BCUT2D eigenvalue weighted by molar-refractivity contribution is 7.66. The molecule has 25 heavy (non-hydrogen) atoms. The van der Waals surface area contributed by atoms with Crippen LogP contribution in [0.15, 0.2) is 25.0 Å². The number of nitrogens with zero attached hydrogens (tertiary/aromatic N) is 5. The van der Waals surface area contributed by atoms with Crippen LogP contribution in [-0.2, 0) is 26.8 Å². The third-order valence-electron chi connectivity index (χ3n) is 2.60. The molecule has 3 heterocycles. The van der Waals surface area contributed by atoms with Gasteiger partial charge in [-0.2, -0.15) is 8.62 Å². The van der Waals surface area contributed by atoms with Crippen LogP contribution in [0.5, 0.6) is 0 Å². The summed E-state index contributed by atoms with van der Waals surface area (Å²) in [6, 6.07) is 0. The van der Waals surface area contributed by atoms with Gasteiger partial charge < -0.3 is 19.6 Å². The van der Waals surface area contributed by atoms with Crippen LogP contribution < -0.4 is 0 Å². The molecule has 0 amide bonds. The van der Waals surface area contributed by atoms with Crippen molar-refractivity contribution in [3.63, 3.8) is 0 Å². The third-order valence-corrected chi connectivity index (χ3v) is 6.41. The zero-order chi connectivity index (χ0) is 18.5. The van der Waals surface area contributed by atoms with Crippen LogP contribution >= 0.6 is 23.5 Å². The minimum atomic E-state index is -5.67. The molecule has 3 atom stereocenters. The minimum absolute atomic E-state index is 0.000462. The molecule has 136 valence electrons. The average molecular weight is 415 g/mol. The van der Waals surface area contributed by atoms with Gasteiger partial charge in [0.2, 0.25) is 0 Å². The van der Waals surface area contributed by atoms with Gasteiger partial charge in [0, 0.05) is 12.6 Å². The summed E-state index contributed by atoms with van der Waals surface area (Å²) in [5.41, 5.74) is -0.186. The molecule has 0 spiro atoms. The Hall–Kier alpha value is -1.24. The smallest absolute Gasteiger partial charge is 0.302 e. The topological polar surface area (TPSA) is 222 Å². The summed E-state index contributed by atoms with van der Waals surface area (Å²) in [6.45, 7) is 0. The van der Waals surface area contributed by atoms with Crippen molar-refractivity contribution in [2.75, 3.05) is 0 Å². The first kappa shape index (κ1) is 18.5. The molecule has 0 saturated heterocycles. The Morgan fingerprint density at radius 1 is 1.08 bits per heavy atom. The van der Waals surface area contributed by atoms with Crippen molar-refractivity contribution in [1.29, 1.82) is 0 Å². The van der Waals surface area contributed by atoms with Gasteiger partial charge in [0.15, 0.2) is 11.5 Å². The Labute approximate surface area is 138 Å². The van der Waals surface area contributed by atoms with Crippen molar-refractivity contribution in [2.24, 2.45) is 25.0 Å². The van der Waals surface area contributed by atoms with Crippen molar-refractivity contribution in [3.8, 4) is 0 Å². The van der Waals surface area contributed by atoms with Crippen LogP contribution in [0.25, 0.3) is 0 Å². The molecule has 15 nitrogen and oxygen atoms in total. The van der Waals surface area contributed by atoms with Crippen LogP contribution in [-0.4, -0.2) is 55.4 Å². The standard InChI is InChI=1S/C7H8N5O10P3/c13-23(14,15)21-25(18,19)22-24(16,17)20-7-5-6(9-3-8-5)11-4(12-7)1-2-10-7/h2-3H,1H2,(H,16,17)(H,18,19)(H2,13,14,15). The van der Waals surface area contributed by atoms with E-state index in [1.807, 2.05) is 0 Å². The molecule has 18 heteroatoms. The number of rotatable bonds is 6. The largest absolute Gasteiger partial charge is 0.490 e. The average Bonchev–Trinajstić information content (AvgIpc) is 2.82. The molecule has 0 aromatic heterocycles. The lowest BCUT2D eigenvalue weighted by Crippen LogP contribution is -2.45. The van der Waals surface area contributed by atoms with Gasteiger partial charge >= 0.3 is 29.3 Å². The monoisotopic (exact) mass is 415 g/mol. The predicted octanol–water partition coefficient (Wildman–Crippen LogP) is -0.249. The van der Waals surface area contributed by atoms with Crippen molar-refractivity contribution in [3.05, 3.63) is 0 Å². The number of phosphoric ester groups is 1. The van der Waals surface area contributed by atoms with E-state index in [0.29, 0.717) is 0 Å². The zero-order valence-corrected chi connectivity index (χ0v) is 14.4. The zero-order valence-electron chi connectivity index (χ0n) is 11.7. The summed E-state index contributed by atoms with van der Waals surface area (Å²) in [7, 11) is -16.7. The lowest BCUT2D eigenvalue weighted by Gasteiger charge is -2.31. The second-order valence-electron chi connectivity index (χ2n) is 4.49. The van der Waals surface area contributed by atoms with Crippen LogP contribution in [0.2, 0.25) is 0 Å². The van der Waals surface area contributed by atoms with Crippen molar-refractivity contribution < 1.29 is 46.4 Å². The molecule has 3 unspecified atom stereocenters. The van der Waals surface area contributed by atoms with Gasteiger partial charge in [-0.15, -0.1) is 0 Å². The third kappa shape index (κ3) is 4.13. The molecule has 0 radical (unpaired) electrons. The summed E-state index contributed by atoms with van der Waals surface area (Å²) in [5.74, 6) is -2.13. The SMILES string of the molecule is O=P(O)(O)OP(=O)(O)OP(=O)(O)OC12N=CCC(=N1)N=C1N=CN=C12. The van der Waals surface area contributed by atoms with Gasteiger partial charge in [-0.3, -0.25) is 0 Å². The summed E-state index contributed by atoms with van der Waals surface area (Å²) in [5, 5.41) is 0. The van der Waals surface area contributed by atoms with E-state index >= 15 is 0 Å². The normalized spacial score (nSPS) is 29.2. The van der Waals surface area contributed by atoms with Gasteiger partial charge in [-0.05, 0) is 0 Å². The van der Waals surface area contributed by atoms with Crippen LogP contribution in [0.3, 0.4) is 0 Å². The number of hydrogen-bond acceptors (Lipinski definition) is 11. The van der Waals surface area contributed by atoms with Gasteiger partial charge in [0.1, 0.15) is 12.2 Å². The lowest BCUT2D eigenvalue weighted by atomic mass is 10.1. The Morgan fingerprint density at radius 2 is 1.80 bits per heavy atom. The molecule has 0 aromatic rings. The van der Waals surface area contributed by atoms with Crippen molar-refractivity contribution in [2.45, 2.75) is 12.3 Å². The number of aliphatic imine (C=N–C) groups is 5. The molecule has 3 aliphatic heterocycles. The molecule has 3 aliphatic rings. The fraction of sp³-hybridized carbons (Fsp3) is 0.286.